The number of nitrogens with zero attached hydrogens (tertiary/aromatic N) is 2. The fourth-order valence-corrected chi connectivity index (χ4v) is 4.57. The molecule has 174 valence electrons. The van der Waals surface area contributed by atoms with Crippen molar-refractivity contribution in [1.82, 2.24) is 9.55 Å². The molecule has 4 rings (SSSR count). The van der Waals surface area contributed by atoms with Gasteiger partial charge in [0.25, 0.3) is 5.91 Å². The number of halogens is 1. The van der Waals surface area contributed by atoms with Crippen molar-refractivity contribution in [3.63, 3.8) is 0 Å². The summed E-state index contributed by atoms with van der Waals surface area (Å²) in [6.45, 7) is 4.08. The minimum absolute atomic E-state index is 0.0304. The quantitative estimate of drug-likeness (QED) is 0.254. The molecule has 8 heteroatoms. The van der Waals surface area contributed by atoms with Crippen molar-refractivity contribution < 1.29 is 14.3 Å². The highest BCUT2D eigenvalue weighted by Crippen LogP contribution is 2.27. The molecule has 0 spiro atoms. The van der Waals surface area contributed by atoms with Crippen LogP contribution in [0.5, 0.6) is 0 Å². The van der Waals surface area contributed by atoms with Crippen LogP contribution in [0.2, 0.25) is 5.02 Å². The summed E-state index contributed by atoms with van der Waals surface area (Å²) in [5.74, 6) is -0.837. The van der Waals surface area contributed by atoms with Crippen molar-refractivity contribution in [2.24, 2.45) is 0 Å². The lowest BCUT2D eigenvalue weighted by Crippen LogP contribution is -2.22. The Balaban J connectivity index is 1.38. The second-order valence-electron chi connectivity index (χ2n) is 7.88. The topological polar surface area (TPSA) is 73.2 Å². The average Bonchev–Trinajstić information content (AvgIpc) is 3.17. The van der Waals surface area contributed by atoms with Gasteiger partial charge >= 0.3 is 5.97 Å². The molecule has 1 N–H and O–H groups in total. The van der Waals surface area contributed by atoms with Gasteiger partial charge in [0.15, 0.2) is 11.8 Å². The number of nitrogens with one attached hydrogen (secondary N) is 1. The van der Waals surface area contributed by atoms with E-state index in [0.717, 1.165) is 27.7 Å². The molecule has 0 radical (unpaired) electrons. The molecule has 1 aromatic heterocycles. The molecule has 0 atom stereocenters. The Hall–Kier alpha value is -3.29. The number of para-hydroxylation sites is 2. The van der Waals surface area contributed by atoms with Crippen molar-refractivity contribution in [2.45, 2.75) is 25.5 Å². The van der Waals surface area contributed by atoms with Gasteiger partial charge in [-0.3, -0.25) is 9.59 Å². The van der Waals surface area contributed by atoms with Gasteiger partial charge in [0.1, 0.15) is 0 Å². The largest absolute Gasteiger partial charge is 0.455 e. The van der Waals surface area contributed by atoms with Crippen LogP contribution in [-0.4, -0.2) is 33.8 Å². The Labute approximate surface area is 207 Å². The van der Waals surface area contributed by atoms with E-state index in [4.69, 9.17) is 16.3 Å². The Morgan fingerprint density at radius 2 is 1.82 bits per heavy atom. The number of anilines is 1. The number of fused-ring (bicyclic) bond motifs is 1. The van der Waals surface area contributed by atoms with Gasteiger partial charge < -0.3 is 14.6 Å². The van der Waals surface area contributed by atoms with Crippen LogP contribution in [0.25, 0.3) is 11.0 Å². The number of rotatable bonds is 8. The maximum Gasteiger partial charge on any atom is 0.316 e. The third-order valence-electron chi connectivity index (χ3n) is 5.25. The number of thioether (sulfide) groups is 1. The van der Waals surface area contributed by atoms with Crippen molar-refractivity contribution in [3.05, 3.63) is 88.4 Å². The summed E-state index contributed by atoms with van der Waals surface area (Å²) in [4.78, 5) is 29.2. The van der Waals surface area contributed by atoms with Crippen molar-refractivity contribution >= 4 is 52.0 Å². The highest BCUT2D eigenvalue weighted by atomic mass is 35.5. The lowest BCUT2D eigenvalue weighted by atomic mass is 10.1. The molecule has 1 amide bonds. The van der Waals surface area contributed by atoms with Gasteiger partial charge in [-0.25, -0.2) is 4.98 Å². The van der Waals surface area contributed by atoms with Crippen LogP contribution < -0.4 is 5.32 Å². The molecule has 1 heterocycles. The van der Waals surface area contributed by atoms with Crippen molar-refractivity contribution in [1.29, 1.82) is 0 Å². The van der Waals surface area contributed by atoms with Gasteiger partial charge in [0.2, 0.25) is 0 Å². The summed E-state index contributed by atoms with van der Waals surface area (Å²) in [5.41, 5.74) is 5.51. The SMILES string of the molecule is Cc1ccc(NC(=O)COC(=O)CSc2nc3ccccc3n2Cc2ccccc2Cl)c(C)c1. The number of hydrogen-bond acceptors (Lipinski definition) is 5. The minimum Gasteiger partial charge on any atom is -0.455 e. The molecule has 0 saturated heterocycles. The number of carbonyl (C=O) groups excluding carboxylic acids is 2. The summed E-state index contributed by atoms with van der Waals surface area (Å²) in [5, 5.41) is 4.12. The van der Waals surface area contributed by atoms with Crippen LogP contribution in [0.1, 0.15) is 16.7 Å². The number of amides is 1. The Morgan fingerprint density at radius 3 is 2.62 bits per heavy atom. The van der Waals surface area contributed by atoms with E-state index in [1.54, 1.807) is 0 Å². The number of carbonyl (C=O) groups is 2. The first-order chi connectivity index (χ1) is 16.4. The van der Waals surface area contributed by atoms with Gasteiger partial charge in [0.05, 0.1) is 23.3 Å². The molecule has 0 aliphatic carbocycles. The molecular weight excluding hydrogens is 470 g/mol. The van der Waals surface area contributed by atoms with Gasteiger partial charge in [-0.15, -0.1) is 0 Å². The van der Waals surface area contributed by atoms with E-state index in [0.29, 0.717) is 22.4 Å². The Kier molecular flexibility index (Phi) is 7.55. The zero-order valence-electron chi connectivity index (χ0n) is 18.9. The number of aromatic nitrogens is 2. The molecule has 0 unspecified atom stereocenters. The van der Waals surface area contributed by atoms with Gasteiger partial charge in [-0.1, -0.05) is 71.4 Å². The highest BCUT2D eigenvalue weighted by Gasteiger charge is 2.16. The van der Waals surface area contributed by atoms with Crippen molar-refractivity contribution in [2.75, 3.05) is 17.7 Å². The van der Waals surface area contributed by atoms with E-state index >= 15 is 0 Å². The van der Waals surface area contributed by atoms with Crippen LogP contribution in [0.4, 0.5) is 5.69 Å². The first kappa shape index (κ1) is 23.9. The molecular formula is C26H24ClN3O3S. The number of ether oxygens (including phenoxy) is 1. The Morgan fingerprint density at radius 1 is 1.06 bits per heavy atom. The number of imidazole rings is 1. The zero-order chi connectivity index (χ0) is 24.1. The van der Waals surface area contributed by atoms with Crippen LogP contribution in [0.15, 0.2) is 71.9 Å². The summed E-state index contributed by atoms with van der Waals surface area (Å²) < 4.78 is 7.21. The lowest BCUT2D eigenvalue weighted by Gasteiger charge is -2.11. The first-order valence-electron chi connectivity index (χ1n) is 10.7. The van der Waals surface area contributed by atoms with Crippen LogP contribution in [0, 0.1) is 13.8 Å². The van der Waals surface area contributed by atoms with E-state index < -0.39 is 5.97 Å². The second kappa shape index (κ2) is 10.8. The maximum absolute atomic E-state index is 12.3. The molecule has 0 saturated carbocycles. The van der Waals surface area contributed by atoms with E-state index in [2.05, 4.69) is 10.3 Å². The standard InChI is InChI=1S/C26H24ClN3O3S/c1-17-11-12-21(18(2)13-17)28-24(31)15-33-25(32)16-34-26-29-22-9-5-6-10-23(22)30(26)14-19-7-3-4-8-20(19)27/h3-13H,14-16H2,1-2H3,(H,28,31). The Bertz CT molecular complexity index is 1350. The number of hydrogen-bond donors (Lipinski definition) is 1. The van der Waals surface area contributed by atoms with E-state index in [-0.39, 0.29) is 18.3 Å². The molecule has 0 bridgehead atoms. The monoisotopic (exact) mass is 493 g/mol. The van der Waals surface area contributed by atoms with E-state index in [9.17, 15) is 9.59 Å². The van der Waals surface area contributed by atoms with E-state index in [1.165, 1.54) is 11.8 Å². The molecule has 0 fully saturated rings. The summed E-state index contributed by atoms with van der Waals surface area (Å²) in [6.07, 6.45) is 0. The van der Waals surface area contributed by atoms with Gasteiger partial charge in [0, 0.05) is 10.7 Å². The fraction of sp³-hybridized carbons (Fsp3) is 0.192. The van der Waals surface area contributed by atoms with E-state index in [1.807, 2.05) is 85.1 Å². The third-order valence-corrected chi connectivity index (χ3v) is 6.56. The predicted molar refractivity (Wildman–Crippen MR) is 137 cm³/mol. The second-order valence-corrected chi connectivity index (χ2v) is 9.23. The molecule has 6 nitrogen and oxygen atoms in total. The first-order valence-corrected chi connectivity index (χ1v) is 12.1. The normalized spacial score (nSPS) is 10.9. The summed E-state index contributed by atoms with van der Waals surface area (Å²) in [7, 11) is 0. The zero-order valence-corrected chi connectivity index (χ0v) is 20.4. The van der Waals surface area contributed by atoms with Crippen LogP contribution in [0.3, 0.4) is 0 Å². The van der Waals surface area contributed by atoms with Crippen molar-refractivity contribution in [3.8, 4) is 0 Å². The predicted octanol–water partition coefficient (Wildman–Crippen LogP) is 5.63. The molecule has 0 aliphatic rings. The summed E-state index contributed by atoms with van der Waals surface area (Å²) in [6, 6.07) is 21.2. The number of aryl methyl sites for hydroxylation is 2. The number of benzene rings is 3. The number of esters is 1. The molecule has 0 aliphatic heterocycles. The van der Waals surface area contributed by atoms with Gasteiger partial charge in [-0.2, -0.15) is 0 Å². The molecule has 34 heavy (non-hydrogen) atoms. The lowest BCUT2D eigenvalue weighted by molar-refractivity contribution is -0.144. The van der Waals surface area contributed by atoms with Crippen LogP contribution in [-0.2, 0) is 20.9 Å². The highest BCUT2D eigenvalue weighted by molar-refractivity contribution is 7.99. The van der Waals surface area contributed by atoms with Gasteiger partial charge in [-0.05, 0) is 49.2 Å². The molecule has 4 aromatic rings. The fourth-order valence-electron chi connectivity index (χ4n) is 3.56. The average molecular weight is 494 g/mol. The third kappa shape index (κ3) is 5.79. The molecule has 3 aromatic carbocycles. The maximum atomic E-state index is 12.3. The minimum atomic E-state index is -0.489. The van der Waals surface area contributed by atoms with Crippen LogP contribution >= 0.6 is 23.4 Å². The smallest absolute Gasteiger partial charge is 0.316 e. The summed E-state index contributed by atoms with van der Waals surface area (Å²) >= 11 is 7.63.